The summed E-state index contributed by atoms with van der Waals surface area (Å²) in [6, 6.07) is 7.79. The molecule has 0 saturated heterocycles. The van der Waals surface area contributed by atoms with Crippen molar-refractivity contribution in [3.05, 3.63) is 34.3 Å². The Morgan fingerprint density at radius 2 is 2.24 bits per heavy atom. The highest BCUT2D eigenvalue weighted by molar-refractivity contribution is 9.10. The zero-order chi connectivity index (χ0) is 12.3. The van der Waals surface area contributed by atoms with Crippen LogP contribution in [0.5, 0.6) is 0 Å². The topological polar surface area (TPSA) is 26.3 Å². The molecule has 1 fully saturated rings. The summed E-state index contributed by atoms with van der Waals surface area (Å²) in [5.41, 5.74) is 1.14. The van der Waals surface area contributed by atoms with Crippen molar-refractivity contribution < 1.29 is 9.53 Å². The lowest BCUT2D eigenvalue weighted by Crippen LogP contribution is -2.13. The van der Waals surface area contributed by atoms with Crippen molar-refractivity contribution in [1.82, 2.24) is 0 Å². The van der Waals surface area contributed by atoms with E-state index in [2.05, 4.69) is 28.6 Å². The highest BCUT2D eigenvalue weighted by Gasteiger charge is 2.43. The first-order valence-corrected chi connectivity index (χ1v) is 7.07. The van der Waals surface area contributed by atoms with Gasteiger partial charge in [-0.15, -0.1) is 0 Å². The van der Waals surface area contributed by atoms with Gasteiger partial charge < -0.3 is 4.74 Å². The zero-order valence-electron chi connectivity index (χ0n) is 9.49. The smallest absolute Gasteiger partial charge is 0.306 e. The van der Waals surface area contributed by atoms with Crippen LogP contribution in [-0.4, -0.2) is 11.7 Å². The molecule has 0 atom stereocenters. The van der Waals surface area contributed by atoms with Gasteiger partial charge in [-0.05, 0) is 41.7 Å². The Morgan fingerprint density at radius 1 is 1.47 bits per heavy atom. The first-order chi connectivity index (χ1) is 8.13. The van der Waals surface area contributed by atoms with Crippen LogP contribution in [0, 0.1) is 5.41 Å². The summed E-state index contributed by atoms with van der Waals surface area (Å²) in [7, 11) is 0. The van der Waals surface area contributed by atoms with E-state index in [0.717, 1.165) is 28.6 Å². The van der Waals surface area contributed by atoms with Gasteiger partial charge in [-0.25, -0.2) is 0 Å². The third-order valence-electron chi connectivity index (χ3n) is 3.10. The zero-order valence-corrected chi connectivity index (χ0v) is 12.0. The minimum absolute atomic E-state index is 0.114. The number of rotatable bonds is 5. The Balaban J connectivity index is 1.80. The van der Waals surface area contributed by atoms with Crippen molar-refractivity contribution >= 4 is 34.5 Å². The van der Waals surface area contributed by atoms with Gasteiger partial charge >= 0.3 is 5.97 Å². The van der Waals surface area contributed by atoms with Crippen LogP contribution in [0.4, 0.5) is 0 Å². The predicted molar refractivity (Wildman–Crippen MR) is 74.1 cm³/mol. The van der Waals surface area contributed by atoms with Gasteiger partial charge in [0.05, 0.1) is 6.42 Å². The number of hydrogen-bond donors (Lipinski definition) is 1. The largest absolute Gasteiger partial charge is 0.461 e. The van der Waals surface area contributed by atoms with E-state index >= 15 is 0 Å². The third kappa shape index (κ3) is 3.75. The summed E-state index contributed by atoms with van der Waals surface area (Å²) >= 11 is 7.66. The summed E-state index contributed by atoms with van der Waals surface area (Å²) in [4.78, 5) is 11.6. The van der Waals surface area contributed by atoms with E-state index in [1.807, 2.05) is 24.3 Å². The van der Waals surface area contributed by atoms with Gasteiger partial charge in [0.25, 0.3) is 0 Å². The van der Waals surface area contributed by atoms with Gasteiger partial charge in [0, 0.05) is 4.47 Å². The fourth-order valence-corrected chi connectivity index (χ4v) is 2.59. The lowest BCUT2D eigenvalue weighted by atomic mass is 10.1. The molecule has 0 N–H and O–H groups in total. The second kappa shape index (κ2) is 5.44. The number of carbonyl (C=O) groups is 1. The average Bonchev–Trinajstić information content (AvgIpc) is 3.07. The maximum atomic E-state index is 11.6. The van der Waals surface area contributed by atoms with Gasteiger partial charge in [-0.1, -0.05) is 28.1 Å². The summed E-state index contributed by atoms with van der Waals surface area (Å²) in [6.07, 6.45) is 2.70. The molecule has 17 heavy (non-hydrogen) atoms. The molecular formula is C13H15BrO2S. The van der Waals surface area contributed by atoms with E-state index in [0.29, 0.717) is 13.0 Å². The third-order valence-corrected chi connectivity index (χ3v) is 4.26. The van der Waals surface area contributed by atoms with Crippen LogP contribution in [-0.2, 0) is 16.1 Å². The first kappa shape index (κ1) is 13.0. The monoisotopic (exact) mass is 314 g/mol. The van der Waals surface area contributed by atoms with Crippen molar-refractivity contribution in [2.75, 3.05) is 5.75 Å². The lowest BCUT2D eigenvalue weighted by molar-refractivity contribution is -0.146. The van der Waals surface area contributed by atoms with E-state index in [9.17, 15) is 4.79 Å². The molecule has 1 aromatic rings. The Morgan fingerprint density at radius 3 is 2.82 bits per heavy atom. The maximum absolute atomic E-state index is 11.6. The number of carbonyl (C=O) groups excluding carboxylic acids is 1. The van der Waals surface area contributed by atoms with E-state index in [1.54, 1.807) is 0 Å². The van der Waals surface area contributed by atoms with Gasteiger partial charge in [0.1, 0.15) is 6.61 Å². The van der Waals surface area contributed by atoms with E-state index in [4.69, 9.17) is 4.74 Å². The number of esters is 1. The number of halogens is 1. The van der Waals surface area contributed by atoms with Crippen molar-refractivity contribution in [1.29, 1.82) is 0 Å². The summed E-state index contributed by atoms with van der Waals surface area (Å²) in [5.74, 6) is 0.662. The minimum atomic E-state index is -0.114. The van der Waals surface area contributed by atoms with Crippen molar-refractivity contribution in [2.45, 2.75) is 25.9 Å². The van der Waals surface area contributed by atoms with E-state index < -0.39 is 0 Å². The average molecular weight is 315 g/mol. The van der Waals surface area contributed by atoms with Gasteiger partial charge in [0.2, 0.25) is 0 Å². The molecule has 1 aromatic carbocycles. The Kier molecular flexibility index (Phi) is 4.15. The van der Waals surface area contributed by atoms with Gasteiger partial charge in [-0.2, -0.15) is 12.6 Å². The van der Waals surface area contributed by atoms with Crippen LogP contribution in [0.2, 0.25) is 0 Å². The molecule has 0 radical (unpaired) electrons. The van der Waals surface area contributed by atoms with Crippen LogP contribution in [0.15, 0.2) is 28.7 Å². The van der Waals surface area contributed by atoms with Gasteiger partial charge in [0.15, 0.2) is 0 Å². The lowest BCUT2D eigenvalue weighted by Gasteiger charge is -2.11. The molecule has 0 aromatic heterocycles. The molecule has 92 valence electrons. The van der Waals surface area contributed by atoms with Gasteiger partial charge in [-0.3, -0.25) is 4.79 Å². The maximum Gasteiger partial charge on any atom is 0.306 e. The molecule has 0 bridgehead atoms. The molecule has 2 nitrogen and oxygen atoms in total. The van der Waals surface area contributed by atoms with Crippen molar-refractivity contribution in [3.8, 4) is 0 Å². The summed E-state index contributed by atoms with van der Waals surface area (Å²) < 4.78 is 6.27. The molecule has 0 heterocycles. The number of ether oxygens (including phenoxy) is 1. The predicted octanol–water partition coefficient (Wildman–Crippen LogP) is 3.59. The van der Waals surface area contributed by atoms with Crippen molar-refractivity contribution in [3.63, 3.8) is 0 Å². The number of benzene rings is 1. The highest BCUT2D eigenvalue weighted by Crippen LogP contribution is 2.49. The molecule has 1 saturated carbocycles. The van der Waals surface area contributed by atoms with Crippen LogP contribution < -0.4 is 0 Å². The molecule has 2 rings (SSSR count). The van der Waals surface area contributed by atoms with Crippen LogP contribution in [0.1, 0.15) is 24.8 Å². The SMILES string of the molecule is O=C(CC1(CS)CC1)OCc1cccc(Br)c1. The molecule has 0 aliphatic heterocycles. The quantitative estimate of drug-likeness (QED) is 0.664. The molecule has 0 spiro atoms. The standard InChI is InChI=1S/C13H15BrO2S/c14-11-3-1-2-10(6-11)8-16-12(15)7-13(9-17)4-5-13/h1-3,6,17H,4-5,7-9H2. The fraction of sp³-hybridized carbons (Fsp3) is 0.462. The highest BCUT2D eigenvalue weighted by atomic mass is 79.9. The molecule has 0 unspecified atom stereocenters. The van der Waals surface area contributed by atoms with E-state index in [1.165, 1.54) is 0 Å². The van der Waals surface area contributed by atoms with Crippen LogP contribution in [0.25, 0.3) is 0 Å². The van der Waals surface area contributed by atoms with Crippen LogP contribution in [0.3, 0.4) is 0 Å². The number of hydrogen-bond acceptors (Lipinski definition) is 3. The minimum Gasteiger partial charge on any atom is -0.461 e. The second-order valence-electron chi connectivity index (χ2n) is 4.63. The Bertz CT molecular complexity index is 416. The summed E-state index contributed by atoms with van der Waals surface area (Å²) in [6.45, 7) is 0.348. The second-order valence-corrected chi connectivity index (χ2v) is 5.86. The molecule has 1 aliphatic carbocycles. The molecular weight excluding hydrogens is 300 g/mol. The van der Waals surface area contributed by atoms with E-state index in [-0.39, 0.29) is 11.4 Å². The normalized spacial score (nSPS) is 16.6. The molecule has 4 heteroatoms. The van der Waals surface area contributed by atoms with Crippen molar-refractivity contribution in [2.24, 2.45) is 5.41 Å². The Labute approximate surface area is 115 Å². The molecule has 1 aliphatic rings. The fourth-order valence-electron chi connectivity index (χ4n) is 1.72. The van der Waals surface area contributed by atoms with Crippen LogP contribution >= 0.6 is 28.6 Å². The number of thiol groups is 1. The Hall–Kier alpha value is -0.480. The first-order valence-electron chi connectivity index (χ1n) is 5.64. The summed E-state index contributed by atoms with van der Waals surface area (Å²) in [5, 5.41) is 0. The molecule has 0 amide bonds.